The highest BCUT2D eigenvalue weighted by Gasteiger charge is 2.49. The average Bonchev–Trinajstić information content (AvgIpc) is 2.73. The van der Waals surface area contributed by atoms with Crippen molar-refractivity contribution < 1.29 is 4.79 Å². The van der Waals surface area contributed by atoms with Gasteiger partial charge in [0, 0.05) is 17.1 Å². The summed E-state index contributed by atoms with van der Waals surface area (Å²) in [5.74, 6) is 3.42. The molecule has 2 N–H and O–H groups in total. The van der Waals surface area contributed by atoms with Gasteiger partial charge in [0.15, 0.2) is 0 Å². The van der Waals surface area contributed by atoms with Gasteiger partial charge in [-0.25, -0.2) is 4.79 Å². The van der Waals surface area contributed by atoms with Gasteiger partial charge in [-0.3, -0.25) is 0 Å². The van der Waals surface area contributed by atoms with Gasteiger partial charge in [-0.15, -0.1) is 0 Å². The number of amides is 2. The second-order valence-electron chi connectivity index (χ2n) is 7.36. The Morgan fingerprint density at radius 2 is 1.86 bits per heavy atom. The molecule has 3 fully saturated rings. The van der Waals surface area contributed by atoms with Crippen LogP contribution in [-0.4, -0.2) is 12.1 Å². The summed E-state index contributed by atoms with van der Waals surface area (Å²) in [5.41, 5.74) is 1.11. The predicted octanol–water partition coefficient (Wildman–Crippen LogP) is 4.07. The summed E-state index contributed by atoms with van der Waals surface area (Å²) in [6, 6.07) is 8.42. The van der Waals surface area contributed by atoms with E-state index >= 15 is 0 Å². The van der Waals surface area contributed by atoms with Crippen LogP contribution in [0.15, 0.2) is 28.7 Å². The molecule has 0 radical (unpaired) electrons. The molecule has 0 aromatic heterocycles. The highest BCUT2D eigenvalue weighted by molar-refractivity contribution is 9.10. The summed E-state index contributed by atoms with van der Waals surface area (Å²) in [4.78, 5) is 12.3. The summed E-state index contributed by atoms with van der Waals surface area (Å²) in [6.45, 7) is 0.570. The van der Waals surface area contributed by atoms with Crippen molar-refractivity contribution in [1.29, 1.82) is 0 Å². The van der Waals surface area contributed by atoms with Crippen molar-refractivity contribution in [1.82, 2.24) is 10.6 Å². The van der Waals surface area contributed by atoms with Gasteiger partial charge in [0.05, 0.1) is 0 Å². The molecule has 118 valence electrons. The lowest BCUT2D eigenvalue weighted by Gasteiger charge is -2.39. The third-order valence-corrected chi connectivity index (χ3v) is 6.74. The van der Waals surface area contributed by atoms with E-state index in [4.69, 9.17) is 0 Å². The summed E-state index contributed by atoms with van der Waals surface area (Å²) >= 11 is 3.52. The van der Waals surface area contributed by atoms with Crippen molar-refractivity contribution in [3.63, 3.8) is 0 Å². The van der Waals surface area contributed by atoms with Crippen molar-refractivity contribution in [2.24, 2.45) is 23.7 Å². The third-order valence-electron chi connectivity index (χ3n) is 5.97. The van der Waals surface area contributed by atoms with Crippen LogP contribution in [0.1, 0.15) is 37.7 Å². The van der Waals surface area contributed by atoms with Gasteiger partial charge in [0.2, 0.25) is 0 Å². The van der Waals surface area contributed by atoms with Crippen molar-refractivity contribution in [2.75, 3.05) is 0 Å². The second kappa shape index (κ2) is 5.88. The molecule has 0 aliphatic heterocycles. The fourth-order valence-electron chi connectivity index (χ4n) is 5.16. The van der Waals surface area contributed by atoms with E-state index in [-0.39, 0.29) is 6.03 Å². The number of carbonyl (C=O) groups excluding carboxylic acids is 1. The molecule has 4 heteroatoms. The minimum atomic E-state index is -0.00879. The van der Waals surface area contributed by atoms with E-state index in [0.29, 0.717) is 12.6 Å². The molecule has 2 amide bonds. The lowest BCUT2D eigenvalue weighted by Crippen LogP contribution is -2.49. The molecule has 1 aromatic carbocycles. The molecule has 5 unspecified atom stereocenters. The van der Waals surface area contributed by atoms with Gasteiger partial charge in [-0.1, -0.05) is 34.1 Å². The summed E-state index contributed by atoms with van der Waals surface area (Å²) in [5, 5.41) is 6.29. The zero-order valence-electron chi connectivity index (χ0n) is 12.7. The van der Waals surface area contributed by atoms with Crippen LogP contribution >= 0.6 is 15.9 Å². The van der Waals surface area contributed by atoms with E-state index in [1.165, 1.54) is 32.1 Å². The van der Waals surface area contributed by atoms with Gasteiger partial charge in [-0.2, -0.15) is 0 Å². The Balaban J connectivity index is 1.34. The number of fused-ring (bicyclic) bond motifs is 2. The van der Waals surface area contributed by atoms with E-state index in [1.807, 2.05) is 24.3 Å². The Kier molecular flexibility index (Phi) is 3.89. The lowest BCUT2D eigenvalue weighted by atomic mass is 9.70. The first-order valence-electron chi connectivity index (χ1n) is 8.47. The van der Waals surface area contributed by atoms with E-state index in [1.54, 1.807) is 0 Å². The van der Waals surface area contributed by atoms with E-state index in [2.05, 4.69) is 26.6 Å². The van der Waals surface area contributed by atoms with Crippen LogP contribution in [0.4, 0.5) is 4.79 Å². The van der Waals surface area contributed by atoms with Gasteiger partial charge in [0.25, 0.3) is 0 Å². The van der Waals surface area contributed by atoms with Crippen molar-refractivity contribution in [2.45, 2.75) is 44.7 Å². The third kappa shape index (κ3) is 2.78. The van der Waals surface area contributed by atoms with Gasteiger partial charge in [0.1, 0.15) is 0 Å². The van der Waals surface area contributed by atoms with Crippen LogP contribution in [-0.2, 0) is 6.54 Å². The summed E-state index contributed by atoms with van der Waals surface area (Å²) in [7, 11) is 0. The SMILES string of the molecule is O=C(NCc1ccccc1Br)NC1CC2CC3CC(C2)C1C3. The van der Waals surface area contributed by atoms with E-state index in [9.17, 15) is 4.79 Å². The minimum absolute atomic E-state index is 0.00879. The molecule has 4 rings (SSSR count). The van der Waals surface area contributed by atoms with Crippen LogP contribution in [0.2, 0.25) is 0 Å². The van der Waals surface area contributed by atoms with Crippen LogP contribution in [0, 0.1) is 23.7 Å². The fraction of sp³-hybridized carbons (Fsp3) is 0.611. The van der Waals surface area contributed by atoms with Crippen LogP contribution in [0.5, 0.6) is 0 Å². The van der Waals surface area contributed by atoms with Crippen LogP contribution in [0.3, 0.4) is 0 Å². The Morgan fingerprint density at radius 1 is 1.09 bits per heavy atom. The molecule has 3 saturated carbocycles. The second-order valence-corrected chi connectivity index (χ2v) is 8.21. The standard InChI is InChI=1S/C18H23BrN2O/c19-16-4-2-1-3-13(16)10-20-18(22)21-17-9-12-5-11-6-14(7-12)15(17)8-11/h1-4,11-12,14-15,17H,5-10H2,(H2,20,21,22). The van der Waals surface area contributed by atoms with Crippen molar-refractivity contribution in [3.8, 4) is 0 Å². The van der Waals surface area contributed by atoms with Crippen LogP contribution < -0.4 is 10.6 Å². The van der Waals surface area contributed by atoms with E-state index in [0.717, 1.165) is 33.7 Å². The summed E-state index contributed by atoms with van der Waals surface area (Å²) in [6.07, 6.45) is 6.77. The fourth-order valence-corrected chi connectivity index (χ4v) is 5.58. The zero-order chi connectivity index (χ0) is 15.1. The highest BCUT2D eigenvalue weighted by Crippen LogP contribution is 2.55. The number of halogens is 1. The molecule has 5 atom stereocenters. The first-order chi connectivity index (χ1) is 10.7. The Morgan fingerprint density at radius 3 is 2.68 bits per heavy atom. The molecule has 0 heterocycles. The first-order valence-corrected chi connectivity index (χ1v) is 9.26. The Hall–Kier alpha value is -1.03. The zero-order valence-corrected chi connectivity index (χ0v) is 14.3. The average molecular weight is 363 g/mol. The number of hydrogen-bond donors (Lipinski definition) is 2. The first kappa shape index (κ1) is 14.6. The minimum Gasteiger partial charge on any atom is -0.335 e. The quantitative estimate of drug-likeness (QED) is 0.835. The molecule has 3 nitrogen and oxygen atoms in total. The van der Waals surface area contributed by atoms with Crippen LogP contribution in [0.25, 0.3) is 0 Å². The molecule has 3 aliphatic carbocycles. The molecule has 3 aliphatic rings. The largest absolute Gasteiger partial charge is 0.335 e. The highest BCUT2D eigenvalue weighted by atomic mass is 79.9. The van der Waals surface area contributed by atoms with Crippen molar-refractivity contribution in [3.05, 3.63) is 34.3 Å². The maximum atomic E-state index is 12.3. The number of hydrogen-bond acceptors (Lipinski definition) is 1. The molecule has 1 aromatic rings. The maximum absolute atomic E-state index is 12.3. The Bertz CT molecular complexity index is 574. The summed E-state index contributed by atoms with van der Waals surface area (Å²) < 4.78 is 1.05. The molecule has 3 bridgehead atoms. The monoisotopic (exact) mass is 362 g/mol. The van der Waals surface area contributed by atoms with E-state index < -0.39 is 0 Å². The number of carbonyl (C=O) groups is 1. The maximum Gasteiger partial charge on any atom is 0.315 e. The number of rotatable bonds is 3. The number of benzene rings is 1. The number of urea groups is 1. The normalized spacial score (nSPS) is 35.4. The number of nitrogens with one attached hydrogen (secondary N) is 2. The van der Waals surface area contributed by atoms with Gasteiger partial charge >= 0.3 is 6.03 Å². The topological polar surface area (TPSA) is 41.1 Å². The smallest absolute Gasteiger partial charge is 0.315 e. The molecular weight excluding hydrogens is 340 g/mol. The van der Waals surface area contributed by atoms with Crippen molar-refractivity contribution >= 4 is 22.0 Å². The van der Waals surface area contributed by atoms with Gasteiger partial charge < -0.3 is 10.6 Å². The Labute approximate surface area is 140 Å². The predicted molar refractivity (Wildman–Crippen MR) is 90.3 cm³/mol. The molecule has 0 spiro atoms. The molecule has 22 heavy (non-hydrogen) atoms. The lowest BCUT2D eigenvalue weighted by molar-refractivity contribution is 0.139. The molecule has 0 saturated heterocycles. The molecular formula is C18H23BrN2O. The van der Waals surface area contributed by atoms with Gasteiger partial charge in [-0.05, 0) is 67.4 Å².